The molecule has 9 nitrogen and oxygen atoms in total. The van der Waals surface area contributed by atoms with Gasteiger partial charge in [-0.05, 0) is 42.0 Å². The van der Waals surface area contributed by atoms with Crippen molar-refractivity contribution in [2.75, 3.05) is 30.6 Å². The molecular weight excluding hydrogens is 480 g/mol. The highest BCUT2D eigenvalue weighted by molar-refractivity contribution is 7.90. The standard InChI is InChI=1S/C23H23ClN4O5S/c1-28(2)22-18(13-20(29)30)21(24)26-19(27-22)12-14-4-8-16(9-5-14)25-23(31)15-6-10-17(11-7-15)34(3,32)33/h4-11H,12-13H2,1-3H3,(H,25,31)(H,29,30). The number of aliphatic carboxylic acids is 1. The highest BCUT2D eigenvalue weighted by Crippen LogP contribution is 2.25. The molecule has 1 amide bonds. The molecule has 0 bridgehead atoms. The van der Waals surface area contributed by atoms with E-state index in [0.717, 1.165) is 11.8 Å². The SMILES string of the molecule is CN(C)c1nc(Cc2ccc(NC(=O)c3ccc(S(C)(=O)=O)cc3)cc2)nc(Cl)c1CC(=O)O. The molecule has 2 aromatic carbocycles. The molecule has 34 heavy (non-hydrogen) atoms. The summed E-state index contributed by atoms with van der Waals surface area (Å²) in [6.07, 6.45) is 1.18. The Labute approximate surface area is 202 Å². The molecule has 0 aliphatic carbocycles. The number of amides is 1. The third kappa shape index (κ3) is 6.30. The van der Waals surface area contributed by atoms with Gasteiger partial charge >= 0.3 is 5.97 Å². The van der Waals surface area contributed by atoms with Gasteiger partial charge in [-0.25, -0.2) is 18.4 Å². The van der Waals surface area contributed by atoms with Crippen LogP contribution in [0.3, 0.4) is 0 Å². The number of halogens is 1. The molecule has 0 saturated carbocycles. The Bertz CT molecular complexity index is 1320. The zero-order valence-corrected chi connectivity index (χ0v) is 20.3. The number of sulfone groups is 1. The van der Waals surface area contributed by atoms with Gasteiger partial charge in [-0.15, -0.1) is 0 Å². The fraction of sp³-hybridized carbons (Fsp3) is 0.217. The van der Waals surface area contributed by atoms with Crippen molar-refractivity contribution in [1.29, 1.82) is 0 Å². The smallest absolute Gasteiger partial charge is 0.308 e. The lowest BCUT2D eigenvalue weighted by Crippen LogP contribution is -2.18. The molecule has 3 aromatic rings. The molecule has 0 aliphatic heterocycles. The monoisotopic (exact) mass is 502 g/mol. The third-order valence-corrected chi connectivity index (χ3v) is 6.29. The van der Waals surface area contributed by atoms with E-state index < -0.39 is 15.8 Å². The first kappa shape index (κ1) is 25.1. The summed E-state index contributed by atoms with van der Waals surface area (Å²) in [5.74, 6) is -0.508. The summed E-state index contributed by atoms with van der Waals surface area (Å²) in [6, 6.07) is 12.8. The topological polar surface area (TPSA) is 130 Å². The largest absolute Gasteiger partial charge is 0.481 e. The van der Waals surface area contributed by atoms with Crippen LogP contribution in [-0.2, 0) is 27.5 Å². The Kier molecular flexibility index (Phi) is 7.53. The van der Waals surface area contributed by atoms with Crippen LogP contribution in [-0.4, -0.2) is 55.7 Å². The van der Waals surface area contributed by atoms with Crippen molar-refractivity contribution in [2.24, 2.45) is 0 Å². The van der Waals surface area contributed by atoms with E-state index in [9.17, 15) is 18.0 Å². The van der Waals surface area contributed by atoms with Crippen LogP contribution in [0.25, 0.3) is 0 Å². The Balaban J connectivity index is 1.72. The van der Waals surface area contributed by atoms with Gasteiger partial charge < -0.3 is 15.3 Å². The third-order valence-electron chi connectivity index (χ3n) is 4.85. The minimum absolute atomic E-state index is 0.0990. The quantitative estimate of drug-likeness (QED) is 0.449. The van der Waals surface area contributed by atoms with Crippen molar-refractivity contribution in [3.63, 3.8) is 0 Å². The summed E-state index contributed by atoms with van der Waals surface area (Å²) >= 11 is 6.24. The number of nitrogens with one attached hydrogen (secondary N) is 1. The second-order valence-corrected chi connectivity index (χ2v) is 10.2. The number of hydrogen-bond donors (Lipinski definition) is 2. The first-order chi connectivity index (χ1) is 15.9. The van der Waals surface area contributed by atoms with E-state index in [4.69, 9.17) is 16.7 Å². The molecule has 11 heteroatoms. The molecule has 0 saturated heterocycles. The molecule has 0 atom stereocenters. The van der Waals surface area contributed by atoms with E-state index >= 15 is 0 Å². The van der Waals surface area contributed by atoms with Gasteiger partial charge in [-0.3, -0.25) is 9.59 Å². The van der Waals surface area contributed by atoms with Crippen molar-refractivity contribution >= 4 is 44.8 Å². The highest BCUT2D eigenvalue weighted by atomic mass is 35.5. The van der Waals surface area contributed by atoms with Crippen molar-refractivity contribution < 1.29 is 23.1 Å². The van der Waals surface area contributed by atoms with Gasteiger partial charge in [0, 0.05) is 43.6 Å². The van der Waals surface area contributed by atoms with E-state index in [1.165, 1.54) is 24.3 Å². The van der Waals surface area contributed by atoms with Crippen LogP contribution < -0.4 is 10.2 Å². The Morgan fingerprint density at radius 2 is 1.65 bits per heavy atom. The molecule has 0 unspecified atom stereocenters. The summed E-state index contributed by atoms with van der Waals surface area (Å²) < 4.78 is 23.1. The Morgan fingerprint density at radius 3 is 2.18 bits per heavy atom. The number of benzene rings is 2. The fourth-order valence-corrected chi connectivity index (χ4v) is 4.06. The first-order valence-corrected chi connectivity index (χ1v) is 12.4. The lowest BCUT2D eigenvalue weighted by molar-refractivity contribution is -0.136. The number of carboxylic acids is 1. The maximum Gasteiger partial charge on any atom is 0.308 e. The molecule has 1 aromatic heterocycles. The van der Waals surface area contributed by atoms with Gasteiger partial charge in [0.25, 0.3) is 5.91 Å². The fourth-order valence-electron chi connectivity index (χ4n) is 3.19. The Hall–Kier alpha value is -3.50. The Morgan fingerprint density at radius 1 is 1.03 bits per heavy atom. The second-order valence-electron chi connectivity index (χ2n) is 7.82. The lowest BCUT2D eigenvalue weighted by Gasteiger charge is -2.17. The van der Waals surface area contributed by atoms with E-state index in [1.807, 2.05) is 0 Å². The minimum Gasteiger partial charge on any atom is -0.481 e. The van der Waals surface area contributed by atoms with E-state index in [0.29, 0.717) is 34.9 Å². The molecule has 1 heterocycles. The summed E-state index contributed by atoms with van der Waals surface area (Å²) in [5, 5.41) is 12.0. The van der Waals surface area contributed by atoms with Crippen molar-refractivity contribution in [3.8, 4) is 0 Å². The van der Waals surface area contributed by atoms with Crippen LogP contribution in [0.4, 0.5) is 11.5 Å². The predicted octanol–water partition coefficient (Wildman–Crippen LogP) is 3.07. The first-order valence-electron chi connectivity index (χ1n) is 10.1. The van der Waals surface area contributed by atoms with Crippen molar-refractivity contribution in [1.82, 2.24) is 9.97 Å². The number of aromatic nitrogens is 2. The van der Waals surface area contributed by atoms with Gasteiger partial charge in [0.1, 0.15) is 16.8 Å². The van der Waals surface area contributed by atoms with Gasteiger partial charge in [-0.1, -0.05) is 23.7 Å². The second kappa shape index (κ2) is 10.2. The maximum absolute atomic E-state index is 12.5. The maximum atomic E-state index is 12.5. The van der Waals surface area contributed by atoms with Gasteiger partial charge in [0.2, 0.25) is 0 Å². The number of carbonyl (C=O) groups excluding carboxylic acids is 1. The summed E-state index contributed by atoms with van der Waals surface area (Å²) in [4.78, 5) is 34.2. The van der Waals surface area contributed by atoms with Crippen LogP contribution in [0.2, 0.25) is 5.15 Å². The van der Waals surface area contributed by atoms with Crippen LogP contribution in [0, 0.1) is 0 Å². The van der Waals surface area contributed by atoms with Gasteiger partial charge in [-0.2, -0.15) is 0 Å². The van der Waals surface area contributed by atoms with Crippen LogP contribution in [0.5, 0.6) is 0 Å². The predicted molar refractivity (Wildman–Crippen MR) is 129 cm³/mol. The number of anilines is 2. The molecule has 2 N–H and O–H groups in total. The van der Waals surface area contributed by atoms with Gasteiger partial charge in [0.15, 0.2) is 9.84 Å². The van der Waals surface area contributed by atoms with Crippen molar-refractivity contribution in [3.05, 3.63) is 76.2 Å². The normalized spacial score (nSPS) is 11.2. The summed E-state index contributed by atoms with van der Waals surface area (Å²) in [7, 11) is 0.168. The van der Waals surface area contributed by atoms with Crippen LogP contribution in [0.15, 0.2) is 53.4 Å². The molecular formula is C23H23ClN4O5S. The average molecular weight is 503 g/mol. The molecule has 0 fully saturated rings. The van der Waals surface area contributed by atoms with Gasteiger partial charge in [0.05, 0.1) is 11.3 Å². The highest BCUT2D eigenvalue weighted by Gasteiger charge is 2.18. The zero-order valence-electron chi connectivity index (χ0n) is 18.7. The molecule has 0 aliphatic rings. The van der Waals surface area contributed by atoms with Crippen LogP contribution >= 0.6 is 11.6 Å². The minimum atomic E-state index is -3.33. The number of hydrogen-bond acceptors (Lipinski definition) is 7. The van der Waals surface area contributed by atoms with Crippen LogP contribution in [0.1, 0.15) is 27.3 Å². The number of nitrogens with zero attached hydrogens (tertiary/aromatic N) is 3. The zero-order chi connectivity index (χ0) is 25.0. The summed E-state index contributed by atoms with van der Waals surface area (Å²) in [6.45, 7) is 0. The number of rotatable bonds is 8. The molecule has 3 rings (SSSR count). The summed E-state index contributed by atoms with van der Waals surface area (Å²) in [5.41, 5.74) is 2.11. The molecule has 0 spiro atoms. The van der Waals surface area contributed by atoms with E-state index in [-0.39, 0.29) is 22.4 Å². The van der Waals surface area contributed by atoms with Crippen molar-refractivity contribution in [2.45, 2.75) is 17.7 Å². The number of carboxylic acid groups (broad SMARTS) is 1. The van der Waals surface area contributed by atoms with E-state index in [1.54, 1.807) is 43.3 Å². The molecule has 178 valence electrons. The average Bonchev–Trinajstić information content (AvgIpc) is 2.76. The molecule has 0 radical (unpaired) electrons. The lowest BCUT2D eigenvalue weighted by atomic mass is 10.1. The number of carbonyl (C=O) groups is 2. The van der Waals surface area contributed by atoms with E-state index in [2.05, 4.69) is 15.3 Å².